The molecule has 3 nitrogen and oxygen atoms in total. The van der Waals surface area contributed by atoms with E-state index in [1.165, 1.54) is 0 Å². The van der Waals surface area contributed by atoms with Crippen molar-refractivity contribution in [1.82, 2.24) is 4.90 Å². The Kier molecular flexibility index (Phi) is 4.06. The summed E-state index contributed by atoms with van der Waals surface area (Å²) in [5.74, 6) is -0.276. The molecule has 0 bridgehead atoms. The fourth-order valence-corrected chi connectivity index (χ4v) is 2.49. The number of nitrogens with zero attached hydrogens (tertiary/aromatic N) is 3. The van der Waals surface area contributed by atoms with Crippen LogP contribution in [0.25, 0.3) is 0 Å². The number of hydrogen-bond donors (Lipinski definition) is 0. The molecule has 0 aromatic heterocycles. The van der Waals surface area contributed by atoms with E-state index in [1.807, 2.05) is 49.7 Å². The standard InChI is InChI=1S/C14H15N3S/c1-17-10-16-13(8-14(17)18-2)12(9-15)11-6-4-3-5-7-11/h3-8,12H,10H2,1-2H3. The zero-order chi connectivity index (χ0) is 13.0. The molecule has 18 heavy (non-hydrogen) atoms. The molecule has 1 aromatic carbocycles. The number of hydrogen-bond acceptors (Lipinski definition) is 4. The number of thioether (sulfide) groups is 1. The van der Waals surface area contributed by atoms with Crippen LogP contribution >= 0.6 is 11.8 Å². The van der Waals surface area contributed by atoms with E-state index < -0.39 is 0 Å². The monoisotopic (exact) mass is 257 g/mol. The maximum Gasteiger partial charge on any atom is 0.113 e. The predicted octanol–water partition coefficient (Wildman–Crippen LogP) is 2.84. The molecule has 1 aromatic rings. The van der Waals surface area contributed by atoms with Gasteiger partial charge < -0.3 is 4.90 Å². The molecule has 0 aliphatic carbocycles. The first kappa shape index (κ1) is 12.7. The summed E-state index contributed by atoms with van der Waals surface area (Å²) in [7, 11) is 2.01. The molecule has 0 N–H and O–H groups in total. The van der Waals surface area contributed by atoms with Crippen LogP contribution in [0.4, 0.5) is 0 Å². The highest BCUT2D eigenvalue weighted by atomic mass is 32.2. The molecule has 0 saturated heterocycles. The minimum Gasteiger partial charge on any atom is -0.350 e. The van der Waals surface area contributed by atoms with E-state index in [-0.39, 0.29) is 5.92 Å². The van der Waals surface area contributed by atoms with Gasteiger partial charge in [0.2, 0.25) is 0 Å². The molecule has 0 fully saturated rings. The lowest BCUT2D eigenvalue weighted by molar-refractivity contribution is 0.456. The van der Waals surface area contributed by atoms with Gasteiger partial charge in [0.05, 0.1) is 16.8 Å². The van der Waals surface area contributed by atoms with Crippen LogP contribution in [0.3, 0.4) is 0 Å². The lowest BCUT2D eigenvalue weighted by Gasteiger charge is -2.25. The van der Waals surface area contributed by atoms with E-state index in [0.29, 0.717) is 6.67 Å². The maximum absolute atomic E-state index is 9.38. The maximum atomic E-state index is 9.38. The molecule has 0 spiro atoms. The molecule has 1 aliphatic heterocycles. The highest BCUT2D eigenvalue weighted by Crippen LogP contribution is 2.25. The van der Waals surface area contributed by atoms with Crippen molar-refractivity contribution in [3.8, 4) is 6.07 Å². The summed E-state index contributed by atoms with van der Waals surface area (Å²) >= 11 is 1.68. The largest absolute Gasteiger partial charge is 0.350 e. The van der Waals surface area contributed by atoms with Crippen molar-refractivity contribution < 1.29 is 0 Å². The zero-order valence-corrected chi connectivity index (χ0v) is 11.3. The van der Waals surface area contributed by atoms with Crippen LogP contribution in [-0.2, 0) is 0 Å². The SMILES string of the molecule is CSC1=CC(C(C#N)c2ccccc2)=NCN1C. The third kappa shape index (κ3) is 2.57. The molecule has 0 radical (unpaired) electrons. The molecule has 92 valence electrons. The van der Waals surface area contributed by atoms with E-state index in [4.69, 9.17) is 0 Å². The van der Waals surface area contributed by atoms with Gasteiger partial charge in [0.1, 0.15) is 12.6 Å². The van der Waals surface area contributed by atoms with Gasteiger partial charge in [-0.1, -0.05) is 30.3 Å². The van der Waals surface area contributed by atoms with Crippen molar-refractivity contribution >= 4 is 17.5 Å². The number of rotatable bonds is 3. The summed E-state index contributed by atoms with van der Waals surface area (Å²) in [6, 6.07) is 12.2. The Bertz CT molecular complexity index is 514. The molecule has 1 unspecified atom stereocenters. The first-order chi connectivity index (χ1) is 8.76. The molecule has 1 heterocycles. The van der Waals surface area contributed by atoms with Crippen LogP contribution in [0, 0.1) is 11.3 Å². The minimum absolute atomic E-state index is 0.276. The molecule has 1 aliphatic rings. The van der Waals surface area contributed by atoms with Crippen LogP contribution in [0.1, 0.15) is 11.5 Å². The third-order valence-electron chi connectivity index (χ3n) is 2.88. The van der Waals surface area contributed by atoms with Crippen LogP contribution in [0.15, 0.2) is 46.4 Å². The highest BCUT2D eigenvalue weighted by Gasteiger charge is 2.20. The van der Waals surface area contributed by atoms with Gasteiger partial charge in [0.25, 0.3) is 0 Å². The molecule has 0 amide bonds. The number of aliphatic imine (C=N–C) groups is 1. The number of nitriles is 1. The van der Waals surface area contributed by atoms with Crippen molar-refractivity contribution in [3.63, 3.8) is 0 Å². The van der Waals surface area contributed by atoms with Crippen LogP contribution in [0.2, 0.25) is 0 Å². The van der Waals surface area contributed by atoms with E-state index in [9.17, 15) is 5.26 Å². The minimum atomic E-state index is -0.276. The Morgan fingerprint density at radius 2 is 2.11 bits per heavy atom. The van der Waals surface area contributed by atoms with Crippen molar-refractivity contribution in [2.75, 3.05) is 20.0 Å². The molecular formula is C14H15N3S. The summed E-state index contributed by atoms with van der Waals surface area (Å²) in [4.78, 5) is 6.56. The normalized spacial score (nSPS) is 16.6. The van der Waals surface area contributed by atoms with Gasteiger partial charge in [-0.05, 0) is 17.9 Å². The Labute approximate surface area is 112 Å². The first-order valence-electron chi connectivity index (χ1n) is 5.72. The fourth-order valence-electron chi connectivity index (χ4n) is 1.89. The quantitative estimate of drug-likeness (QED) is 0.836. The summed E-state index contributed by atoms with van der Waals surface area (Å²) in [5.41, 5.74) is 1.85. The molecular weight excluding hydrogens is 242 g/mol. The average molecular weight is 257 g/mol. The second kappa shape index (κ2) is 5.74. The zero-order valence-electron chi connectivity index (χ0n) is 10.5. The Morgan fingerprint density at radius 3 is 2.72 bits per heavy atom. The lowest BCUT2D eigenvalue weighted by atomic mass is 9.95. The van der Waals surface area contributed by atoms with Gasteiger partial charge in [-0.15, -0.1) is 11.8 Å². The Hall–Kier alpha value is -1.73. The van der Waals surface area contributed by atoms with Gasteiger partial charge in [-0.25, -0.2) is 0 Å². The van der Waals surface area contributed by atoms with Gasteiger partial charge in [0, 0.05) is 7.05 Å². The van der Waals surface area contributed by atoms with E-state index in [1.54, 1.807) is 11.8 Å². The van der Waals surface area contributed by atoms with Crippen molar-refractivity contribution in [2.45, 2.75) is 5.92 Å². The van der Waals surface area contributed by atoms with Gasteiger partial charge in [0.15, 0.2) is 0 Å². The summed E-state index contributed by atoms with van der Waals surface area (Å²) in [6.07, 6.45) is 4.05. The van der Waals surface area contributed by atoms with Crippen molar-refractivity contribution in [3.05, 3.63) is 47.0 Å². The Balaban J connectivity index is 2.31. The second-order valence-corrected chi connectivity index (χ2v) is 4.91. The molecule has 1 atom stereocenters. The van der Waals surface area contributed by atoms with Crippen LogP contribution in [-0.4, -0.2) is 30.6 Å². The van der Waals surface area contributed by atoms with Crippen molar-refractivity contribution in [1.29, 1.82) is 5.26 Å². The summed E-state index contributed by atoms with van der Waals surface area (Å²) in [5, 5.41) is 10.5. The third-order valence-corrected chi connectivity index (χ3v) is 3.73. The number of benzene rings is 1. The Morgan fingerprint density at radius 1 is 1.39 bits per heavy atom. The molecule has 0 saturated carbocycles. The van der Waals surface area contributed by atoms with E-state index >= 15 is 0 Å². The predicted molar refractivity (Wildman–Crippen MR) is 76.5 cm³/mol. The summed E-state index contributed by atoms with van der Waals surface area (Å²) < 4.78 is 0. The van der Waals surface area contributed by atoms with E-state index in [2.05, 4.69) is 16.0 Å². The lowest BCUT2D eigenvalue weighted by Crippen LogP contribution is -2.24. The van der Waals surface area contributed by atoms with Gasteiger partial charge >= 0.3 is 0 Å². The highest BCUT2D eigenvalue weighted by molar-refractivity contribution is 8.02. The molecule has 4 heteroatoms. The van der Waals surface area contributed by atoms with Gasteiger partial charge in [-0.2, -0.15) is 5.26 Å². The fraction of sp³-hybridized carbons (Fsp3) is 0.286. The average Bonchev–Trinajstić information content (AvgIpc) is 2.42. The summed E-state index contributed by atoms with van der Waals surface area (Å²) in [6.45, 7) is 0.618. The van der Waals surface area contributed by atoms with Crippen molar-refractivity contribution in [2.24, 2.45) is 4.99 Å². The van der Waals surface area contributed by atoms with Crippen LogP contribution in [0.5, 0.6) is 0 Å². The van der Waals surface area contributed by atoms with Crippen LogP contribution < -0.4 is 0 Å². The topological polar surface area (TPSA) is 39.4 Å². The smallest absolute Gasteiger partial charge is 0.113 e. The first-order valence-corrected chi connectivity index (χ1v) is 6.94. The van der Waals surface area contributed by atoms with E-state index in [0.717, 1.165) is 16.3 Å². The molecule has 2 rings (SSSR count). The number of allylic oxidation sites excluding steroid dienone is 1. The van der Waals surface area contributed by atoms with Gasteiger partial charge in [-0.3, -0.25) is 4.99 Å². The second-order valence-electron chi connectivity index (χ2n) is 4.08.